The Kier molecular flexibility index (Phi) is 2.98. The van der Waals surface area contributed by atoms with Gasteiger partial charge < -0.3 is 4.98 Å². The Balaban J connectivity index is 2.09. The predicted octanol–water partition coefficient (Wildman–Crippen LogP) is 6.76. The molecule has 0 atom stereocenters. The van der Waals surface area contributed by atoms with Gasteiger partial charge in [-0.3, -0.25) is 0 Å². The molecule has 0 amide bonds. The van der Waals surface area contributed by atoms with Gasteiger partial charge in [-0.2, -0.15) is 0 Å². The van der Waals surface area contributed by atoms with Crippen LogP contribution in [0.1, 0.15) is 11.1 Å². The van der Waals surface area contributed by atoms with Gasteiger partial charge in [0.2, 0.25) is 0 Å². The Morgan fingerprint density at radius 1 is 0.600 bits per heavy atom. The monoisotopic (exact) mass is 321 g/mol. The van der Waals surface area contributed by atoms with Crippen molar-refractivity contribution in [3.05, 3.63) is 83.9 Å². The lowest BCUT2D eigenvalue weighted by Crippen LogP contribution is -1.89. The van der Waals surface area contributed by atoms with Crippen LogP contribution < -0.4 is 0 Å². The first kappa shape index (κ1) is 14.3. The number of aromatic amines is 1. The van der Waals surface area contributed by atoms with Crippen LogP contribution in [0.2, 0.25) is 0 Å². The van der Waals surface area contributed by atoms with E-state index in [9.17, 15) is 0 Å². The normalized spacial score (nSPS) is 11.6. The van der Waals surface area contributed by atoms with Gasteiger partial charge in [0.1, 0.15) is 0 Å². The molecule has 5 rings (SSSR count). The van der Waals surface area contributed by atoms with Crippen molar-refractivity contribution in [2.45, 2.75) is 13.8 Å². The Morgan fingerprint density at radius 2 is 1.32 bits per heavy atom. The molecular formula is C24H19N. The smallest absolute Gasteiger partial charge is 0.0551 e. The summed E-state index contributed by atoms with van der Waals surface area (Å²) in [6.07, 6.45) is 0. The maximum Gasteiger partial charge on any atom is 0.0551 e. The number of aryl methyl sites for hydroxylation is 2. The van der Waals surface area contributed by atoms with Gasteiger partial charge in [-0.05, 0) is 53.4 Å². The second-order valence-electron chi connectivity index (χ2n) is 6.83. The fourth-order valence-corrected chi connectivity index (χ4v) is 4.01. The van der Waals surface area contributed by atoms with E-state index in [2.05, 4.69) is 91.6 Å². The summed E-state index contributed by atoms with van der Waals surface area (Å²) in [5, 5.41) is 5.24. The quantitative estimate of drug-likeness (QED) is 0.351. The highest BCUT2D eigenvalue weighted by Crippen LogP contribution is 2.40. The van der Waals surface area contributed by atoms with Crippen LogP contribution >= 0.6 is 0 Å². The molecule has 1 heterocycles. The highest BCUT2D eigenvalue weighted by Gasteiger charge is 2.15. The molecule has 0 unspecified atom stereocenters. The molecule has 25 heavy (non-hydrogen) atoms. The number of benzene rings is 4. The van der Waals surface area contributed by atoms with Gasteiger partial charge in [0, 0.05) is 21.9 Å². The summed E-state index contributed by atoms with van der Waals surface area (Å²) in [4.78, 5) is 3.68. The third-order valence-electron chi connectivity index (χ3n) is 5.29. The number of rotatable bonds is 1. The number of fused-ring (bicyclic) bond motifs is 4. The van der Waals surface area contributed by atoms with E-state index in [1.807, 2.05) is 0 Å². The van der Waals surface area contributed by atoms with Crippen molar-refractivity contribution in [3.63, 3.8) is 0 Å². The predicted molar refractivity (Wildman–Crippen MR) is 108 cm³/mol. The van der Waals surface area contributed by atoms with E-state index in [0.29, 0.717) is 0 Å². The molecule has 0 aliphatic carbocycles. The van der Waals surface area contributed by atoms with Gasteiger partial charge >= 0.3 is 0 Å². The zero-order chi connectivity index (χ0) is 17.0. The molecule has 0 radical (unpaired) electrons. The zero-order valence-electron chi connectivity index (χ0n) is 14.4. The van der Waals surface area contributed by atoms with Gasteiger partial charge in [0.25, 0.3) is 0 Å². The van der Waals surface area contributed by atoms with Crippen molar-refractivity contribution >= 4 is 32.6 Å². The standard InChI is InChI=1S/C24H19N/c1-15-8-3-4-10-17(15)23-19-12-7-9-16(2)20(19)14-21-18-11-5-6-13-22(18)25-24(21)23/h3-14,25H,1-2H3. The molecule has 1 aromatic heterocycles. The summed E-state index contributed by atoms with van der Waals surface area (Å²) in [5.41, 5.74) is 7.66. The molecule has 0 spiro atoms. The van der Waals surface area contributed by atoms with E-state index in [1.165, 1.54) is 54.8 Å². The number of nitrogens with one attached hydrogen (secondary N) is 1. The summed E-state index contributed by atoms with van der Waals surface area (Å²) in [6, 6.07) is 26.2. The van der Waals surface area contributed by atoms with E-state index < -0.39 is 0 Å². The Hall–Kier alpha value is -3.06. The van der Waals surface area contributed by atoms with Crippen LogP contribution in [0.3, 0.4) is 0 Å². The van der Waals surface area contributed by atoms with E-state index in [-0.39, 0.29) is 0 Å². The fraction of sp³-hybridized carbons (Fsp3) is 0.0833. The second-order valence-corrected chi connectivity index (χ2v) is 6.83. The molecule has 0 aliphatic heterocycles. The molecule has 5 aromatic rings. The van der Waals surface area contributed by atoms with Crippen LogP contribution in [-0.4, -0.2) is 4.98 Å². The van der Waals surface area contributed by atoms with Gasteiger partial charge in [-0.1, -0.05) is 60.7 Å². The third-order valence-corrected chi connectivity index (χ3v) is 5.29. The van der Waals surface area contributed by atoms with Crippen molar-refractivity contribution in [1.82, 2.24) is 4.98 Å². The summed E-state index contributed by atoms with van der Waals surface area (Å²) in [7, 11) is 0. The van der Waals surface area contributed by atoms with Crippen molar-refractivity contribution in [2.24, 2.45) is 0 Å². The molecule has 1 heteroatoms. The lowest BCUT2D eigenvalue weighted by Gasteiger charge is -2.13. The molecule has 0 aliphatic rings. The third kappa shape index (κ3) is 2.02. The average molecular weight is 321 g/mol. The molecule has 0 saturated carbocycles. The molecule has 1 nitrogen and oxygen atoms in total. The summed E-state index contributed by atoms with van der Waals surface area (Å²) in [6.45, 7) is 4.39. The van der Waals surface area contributed by atoms with Gasteiger partial charge in [-0.25, -0.2) is 0 Å². The van der Waals surface area contributed by atoms with Crippen LogP contribution in [0.5, 0.6) is 0 Å². The van der Waals surface area contributed by atoms with Crippen LogP contribution in [0.15, 0.2) is 72.8 Å². The Morgan fingerprint density at radius 3 is 2.20 bits per heavy atom. The van der Waals surface area contributed by atoms with Crippen LogP contribution in [0, 0.1) is 13.8 Å². The topological polar surface area (TPSA) is 15.8 Å². The Bertz CT molecular complexity index is 1260. The van der Waals surface area contributed by atoms with Crippen molar-refractivity contribution in [1.29, 1.82) is 0 Å². The van der Waals surface area contributed by atoms with E-state index in [0.717, 1.165) is 0 Å². The van der Waals surface area contributed by atoms with Crippen molar-refractivity contribution in [3.8, 4) is 11.1 Å². The first-order chi connectivity index (χ1) is 12.2. The Labute approximate surface area is 146 Å². The SMILES string of the molecule is Cc1ccccc1-c1c2cccc(C)c2cc2c1[nH]c1ccccc12. The first-order valence-corrected chi connectivity index (χ1v) is 8.73. The highest BCUT2D eigenvalue weighted by atomic mass is 14.7. The maximum atomic E-state index is 3.68. The average Bonchev–Trinajstić information content (AvgIpc) is 3.00. The molecule has 0 fully saturated rings. The molecule has 120 valence electrons. The van der Waals surface area contributed by atoms with Gasteiger partial charge in [0.15, 0.2) is 0 Å². The van der Waals surface area contributed by atoms with Gasteiger partial charge in [0.05, 0.1) is 5.52 Å². The zero-order valence-corrected chi connectivity index (χ0v) is 14.4. The van der Waals surface area contributed by atoms with Crippen LogP contribution in [0.4, 0.5) is 0 Å². The van der Waals surface area contributed by atoms with Crippen molar-refractivity contribution in [2.75, 3.05) is 0 Å². The number of H-pyrrole nitrogens is 1. The first-order valence-electron chi connectivity index (χ1n) is 8.73. The number of aromatic nitrogens is 1. The van der Waals surface area contributed by atoms with Crippen LogP contribution in [0.25, 0.3) is 43.7 Å². The molecule has 1 N–H and O–H groups in total. The lowest BCUT2D eigenvalue weighted by molar-refractivity contribution is 1.46. The molecule has 0 saturated heterocycles. The molecule has 0 bridgehead atoms. The fourth-order valence-electron chi connectivity index (χ4n) is 4.01. The van der Waals surface area contributed by atoms with E-state index in [1.54, 1.807) is 0 Å². The van der Waals surface area contributed by atoms with Crippen molar-refractivity contribution < 1.29 is 0 Å². The summed E-state index contributed by atoms with van der Waals surface area (Å²) in [5.74, 6) is 0. The van der Waals surface area contributed by atoms with E-state index in [4.69, 9.17) is 0 Å². The molecular weight excluding hydrogens is 302 g/mol. The number of hydrogen-bond donors (Lipinski definition) is 1. The highest BCUT2D eigenvalue weighted by molar-refractivity contribution is 6.20. The largest absolute Gasteiger partial charge is 0.354 e. The van der Waals surface area contributed by atoms with E-state index >= 15 is 0 Å². The minimum absolute atomic E-state index is 1.19. The lowest BCUT2D eigenvalue weighted by atomic mass is 9.91. The molecule has 4 aromatic carbocycles. The minimum Gasteiger partial charge on any atom is -0.354 e. The van der Waals surface area contributed by atoms with Gasteiger partial charge in [-0.15, -0.1) is 0 Å². The maximum absolute atomic E-state index is 3.68. The number of hydrogen-bond acceptors (Lipinski definition) is 0. The number of para-hydroxylation sites is 1. The summed E-state index contributed by atoms with van der Waals surface area (Å²) < 4.78 is 0. The van der Waals surface area contributed by atoms with Crippen LogP contribution in [-0.2, 0) is 0 Å². The summed E-state index contributed by atoms with van der Waals surface area (Å²) >= 11 is 0. The minimum atomic E-state index is 1.19. The second kappa shape index (κ2) is 5.22.